The van der Waals surface area contributed by atoms with Gasteiger partial charge in [-0.05, 0) is 49.2 Å². The molecule has 2 rings (SSSR count). The molecule has 0 aromatic heterocycles. The van der Waals surface area contributed by atoms with Crippen LogP contribution in [0.15, 0.2) is 52.7 Å². The van der Waals surface area contributed by atoms with Crippen molar-refractivity contribution < 1.29 is 0 Å². The second-order valence-electron chi connectivity index (χ2n) is 4.03. The van der Waals surface area contributed by atoms with Crippen molar-refractivity contribution in [2.45, 2.75) is 13.8 Å². The Morgan fingerprint density at radius 3 is 2.29 bits per heavy atom. The predicted molar refractivity (Wildman–Crippen MR) is 70.9 cm³/mol. The van der Waals surface area contributed by atoms with E-state index in [2.05, 4.69) is 10.2 Å². The van der Waals surface area contributed by atoms with Crippen LogP contribution in [0.2, 0.25) is 0 Å². The molecule has 2 N–H and O–H groups in total. The number of nitrogens with zero attached hydrogens (tertiary/aromatic N) is 2. The van der Waals surface area contributed by atoms with Crippen LogP contribution in [0.4, 0.5) is 17.1 Å². The summed E-state index contributed by atoms with van der Waals surface area (Å²) in [6.07, 6.45) is 0. The van der Waals surface area contributed by atoms with Gasteiger partial charge in [0.1, 0.15) is 0 Å². The largest absolute Gasteiger partial charge is 0.399 e. The van der Waals surface area contributed by atoms with Crippen LogP contribution >= 0.6 is 0 Å². The molecule has 2 aromatic rings. The third-order valence-electron chi connectivity index (χ3n) is 2.61. The van der Waals surface area contributed by atoms with Crippen molar-refractivity contribution in [1.82, 2.24) is 0 Å². The molecule has 0 aliphatic rings. The Labute approximate surface area is 101 Å². The molecule has 0 saturated carbocycles. The predicted octanol–water partition coefficient (Wildman–Crippen LogP) is 4.30. The first kappa shape index (κ1) is 11.3. The number of anilines is 1. The van der Waals surface area contributed by atoms with E-state index in [9.17, 15) is 0 Å². The van der Waals surface area contributed by atoms with Crippen molar-refractivity contribution in [1.29, 1.82) is 0 Å². The first-order valence-electron chi connectivity index (χ1n) is 5.50. The first-order valence-corrected chi connectivity index (χ1v) is 5.50. The molecule has 0 unspecified atom stereocenters. The minimum absolute atomic E-state index is 0.793. The summed E-state index contributed by atoms with van der Waals surface area (Å²) in [7, 11) is 0. The van der Waals surface area contributed by atoms with Crippen LogP contribution in [-0.2, 0) is 0 Å². The summed E-state index contributed by atoms with van der Waals surface area (Å²) in [5.74, 6) is 0. The van der Waals surface area contributed by atoms with E-state index >= 15 is 0 Å². The monoisotopic (exact) mass is 225 g/mol. The zero-order chi connectivity index (χ0) is 12.3. The van der Waals surface area contributed by atoms with Crippen LogP contribution in [0.25, 0.3) is 0 Å². The molecule has 0 heterocycles. The molecule has 0 spiro atoms. The Morgan fingerprint density at radius 2 is 1.59 bits per heavy atom. The molecule has 0 bridgehead atoms. The fraction of sp³-hybridized carbons (Fsp3) is 0.143. The van der Waals surface area contributed by atoms with Gasteiger partial charge in [-0.2, -0.15) is 10.2 Å². The number of benzene rings is 2. The third-order valence-corrected chi connectivity index (χ3v) is 2.61. The number of azo groups is 1. The van der Waals surface area contributed by atoms with Crippen LogP contribution in [0.1, 0.15) is 11.1 Å². The van der Waals surface area contributed by atoms with Crippen LogP contribution in [0.3, 0.4) is 0 Å². The Kier molecular flexibility index (Phi) is 3.19. The van der Waals surface area contributed by atoms with Gasteiger partial charge in [0.15, 0.2) is 0 Å². The van der Waals surface area contributed by atoms with Gasteiger partial charge in [-0.1, -0.05) is 18.2 Å². The highest BCUT2D eigenvalue weighted by atomic mass is 15.1. The maximum Gasteiger partial charge on any atom is 0.0890 e. The molecule has 0 aliphatic heterocycles. The Balaban J connectivity index is 2.31. The third kappa shape index (κ3) is 2.69. The highest BCUT2D eigenvalue weighted by Gasteiger charge is 2.00. The zero-order valence-corrected chi connectivity index (χ0v) is 10.0. The number of hydrogen-bond donors (Lipinski definition) is 1. The summed E-state index contributed by atoms with van der Waals surface area (Å²) >= 11 is 0. The molecular formula is C14H15N3. The summed E-state index contributed by atoms with van der Waals surface area (Å²) < 4.78 is 0. The summed E-state index contributed by atoms with van der Waals surface area (Å²) in [4.78, 5) is 0. The normalized spacial score (nSPS) is 10.9. The maximum absolute atomic E-state index is 5.82. The van der Waals surface area contributed by atoms with Crippen molar-refractivity contribution in [3.8, 4) is 0 Å². The number of nitrogen functional groups attached to an aromatic ring is 1. The average Bonchev–Trinajstić information content (AvgIpc) is 2.33. The second kappa shape index (κ2) is 4.78. The van der Waals surface area contributed by atoms with Crippen molar-refractivity contribution in [2.24, 2.45) is 10.2 Å². The summed E-state index contributed by atoms with van der Waals surface area (Å²) in [6.45, 7) is 3.95. The number of nitrogens with two attached hydrogens (primary N) is 1. The van der Waals surface area contributed by atoms with Crippen LogP contribution in [0.5, 0.6) is 0 Å². The van der Waals surface area contributed by atoms with Crippen molar-refractivity contribution in [2.75, 3.05) is 5.73 Å². The standard InChI is InChI=1S/C14H15N3/c1-10-9-14(11(2)8-13(10)15)17-16-12-6-4-3-5-7-12/h3-9H,15H2,1-2H3/b17-16+. The molecule has 2 aromatic carbocycles. The van der Waals surface area contributed by atoms with E-state index in [4.69, 9.17) is 5.73 Å². The minimum atomic E-state index is 0.793. The summed E-state index contributed by atoms with van der Waals surface area (Å²) in [5.41, 5.74) is 10.4. The zero-order valence-electron chi connectivity index (χ0n) is 10.0. The molecule has 3 heteroatoms. The van der Waals surface area contributed by atoms with E-state index in [1.807, 2.05) is 56.3 Å². The average molecular weight is 225 g/mol. The van der Waals surface area contributed by atoms with E-state index in [0.29, 0.717) is 0 Å². The molecule has 17 heavy (non-hydrogen) atoms. The molecule has 0 saturated heterocycles. The van der Waals surface area contributed by atoms with Gasteiger partial charge in [0.25, 0.3) is 0 Å². The van der Waals surface area contributed by atoms with E-state index in [-0.39, 0.29) is 0 Å². The number of aryl methyl sites for hydroxylation is 2. The number of hydrogen-bond acceptors (Lipinski definition) is 3. The Bertz CT molecular complexity index is 545. The SMILES string of the molecule is Cc1cc(/N=N/c2ccccc2)c(C)cc1N. The molecule has 0 amide bonds. The Hall–Kier alpha value is -2.16. The molecule has 0 fully saturated rings. The first-order chi connectivity index (χ1) is 8.16. The lowest BCUT2D eigenvalue weighted by Crippen LogP contribution is -1.89. The van der Waals surface area contributed by atoms with Gasteiger partial charge in [-0.3, -0.25) is 0 Å². The topological polar surface area (TPSA) is 50.7 Å². The van der Waals surface area contributed by atoms with Gasteiger partial charge in [-0.15, -0.1) is 0 Å². The van der Waals surface area contributed by atoms with Gasteiger partial charge >= 0.3 is 0 Å². The molecule has 0 radical (unpaired) electrons. The van der Waals surface area contributed by atoms with Gasteiger partial charge in [0.2, 0.25) is 0 Å². The summed E-state index contributed by atoms with van der Waals surface area (Å²) in [6, 6.07) is 13.6. The molecular weight excluding hydrogens is 210 g/mol. The smallest absolute Gasteiger partial charge is 0.0890 e. The van der Waals surface area contributed by atoms with E-state index in [0.717, 1.165) is 28.2 Å². The van der Waals surface area contributed by atoms with Gasteiger partial charge in [0, 0.05) is 5.69 Å². The minimum Gasteiger partial charge on any atom is -0.399 e. The lowest BCUT2D eigenvalue weighted by molar-refractivity contribution is 1.20. The van der Waals surface area contributed by atoms with Crippen LogP contribution < -0.4 is 5.73 Å². The van der Waals surface area contributed by atoms with Crippen molar-refractivity contribution in [3.63, 3.8) is 0 Å². The number of rotatable bonds is 2. The summed E-state index contributed by atoms with van der Waals surface area (Å²) in [5, 5.41) is 8.44. The quantitative estimate of drug-likeness (QED) is 0.601. The van der Waals surface area contributed by atoms with Gasteiger partial charge in [0.05, 0.1) is 11.4 Å². The van der Waals surface area contributed by atoms with E-state index < -0.39 is 0 Å². The molecule has 0 atom stereocenters. The van der Waals surface area contributed by atoms with Gasteiger partial charge in [-0.25, -0.2) is 0 Å². The van der Waals surface area contributed by atoms with Crippen molar-refractivity contribution >= 4 is 17.1 Å². The van der Waals surface area contributed by atoms with Gasteiger partial charge < -0.3 is 5.73 Å². The second-order valence-corrected chi connectivity index (χ2v) is 4.03. The lowest BCUT2D eigenvalue weighted by atomic mass is 10.1. The molecule has 86 valence electrons. The van der Waals surface area contributed by atoms with Crippen LogP contribution in [0, 0.1) is 13.8 Å². The fourth-order valence-electron chi connectivity index (χ4n) is 1.54. The van der Waals surface area contributed by atoms with E-state index in [1.54, 1.807) is 0 Å². The highest BCUT2D eigenvalue weighted by Crippen LogP contribution is 2.26. The van der Waals surface area contributed by atoms with E-state index in [1.165, 1.54) is 0 Å². The Morgan fingerprint density at radius 1 is 0.882 bits per heavy atom. The van der Waals surface area contributed by atoms with Crippen LogP contribution in [-0.4, -0.2) is 0 Å². The maximum atomic E-state index is 5.82. The molecule has 0 aliphatic carbocycles. The lowest BCUT2D eigenvalue weighted by Gasteiger charge is -2.04. The fourth-order valence-corrected chi connectivity index (χ4v) is 1.54. The highest BCUT2D eigenvalue weighted by molar-refractivity contribution is 5.59. The molecule has 3 nitrogen and oxygen atoms in total. The van der Waals surface area contributed by atoms with Crippen molar-refractivity contribution in [3.05, 3.63) is 53.6 Å².